The Kier molecular flexibility index (Phi) is 9.09. The largest absolute Gasteiger partial charge is 0.232 e. The number of hydrogen-bond donors (Lipinski definition) is 0. The quantitative estimate of drug-likeness (QED) is 0.390. The van der Waals surface area contributed by atoms with E-state index in [2.05, 4.69) is 37.3 Å². The fourth-order valence-corrected chi connectivity index (χ4v) is 2.44. The summed E-state index contributed by atoms with van der Waals surface area (Å²) in [7, 11) is 0. The number of allylic oxidation sites excluding steroid dienone is 1. The van der Waals surface area contributed by atoms with E-state index in [-0.39, 0.29) is 6.61 Å². The highest BCUT2D eigenvalue weighted by Crippen LogP contribution is 2.24. The van der Waals surface area contributed by atoms with E-state index >= 15 is 0 Å². The van der Waals surface area contributed by atoms with E-state index in [1.165, 1.54) is 44.1 Å². The molecule has 1 nitrogen and oxygen atoms in total. The van der Waals surface area contributed by atoms with Gasteiger partial charge in [0.2, 0.25) is 0 Å². The molecule has 0 aliphatic rings. The van der Waals surface area contributed by atoms with Crippen LogP contribution in [-0.2, 0) is 5.11 Å². The van der Waals surface area contributed by atoms with E-state index in [4.69, 9.17) is 0 Å². The lowest BCUT2D eigenvalue weighted by atomic mass is 9.92. The summed E-state index contributed by atoms with van der Waals surface area (Å²) < 4.78 is 0. The van der Waals surface area contributed by atoms with Crippen LogP contribution in [0.1, 0.15) is 63.4 Å². The third-order valence-electron chi connectivity index (χ3n) is 3.56. The maximum atomic E-state index is 10.6. The summed E-state index contributed by atoms with van der Waals surface area (Å²) in [5.74, 6) is 0.418. The first-order valence-electron chi connectivity index (χ1n) is 7.68. The average Bonchev–Trinajstić information content (AvgIpc) is 2.46. The molecule has 1 heteroatoms. The van der Waals surface area contributed by atoms with Crippen LogP contribution in [0.25, 0.3) is 0 Å². The molecule has 0 saturated heterocycles. The first-order chi connectivity index (χ1) is 9.38. The highest BCUT2D eigenvalue weighted by Gasteiger charge is 2.06. The lowest BCUT2D eigenvalue weighted by Gasteiger charge is -2.13. The molecule has 0 amide bonds. The Hall–Kier alpha value is -1.08. The standard InChI is InChI=1S/C18H27O/c1-2-3-4-5-6-8-12-18(15-11-16-19)17-13-9-7-10-14-17/h7,9-11,13-15,18H,2-6,8,12,16H2,1H3/b15-11+. The van der Waals surface area contributed by atoms with Crippen molar-refractivity contribution in [2.45, 2.75) is 57.8 Å². The van der Waals surface area contributed by atoms with Crippen molar-refractivity contribution in [1.82, 2.24) is 0 Å². The van der Waals surface area contributed by atoms with Crippen molar-refractivity contribution in [3.8, 4) is 0 Å². The maximum Gasteiger partial charge on any atom is 0.100 e. The molecule has 0 N–H and O–H groups in total. The number of rotatable bonds is 10. The van der Waals surface area contributed by atoms with Crippen molar-refractivity contribution in [2.24, 2.45) is 0 Å². The van der Waals surface area contributed by atoms with Crippen LogP contribution in [0.4, 0.5) is 0 Å². The molecule has 1 unspecified atom stereocenters. The van der Waals surface area contributed by atoms with Gasteiger partial charge in [-0.25, -0.2) is 5.11 Å². The Labute approximate surface area is 118 Å². The normalized spacial score (nSPS) is 12.9. The zero-order chi connectivity index (χ0) is 13.8. The van der Waals surface area contributed by atoms with E-state index in [1.807, 2.05) is 6.07 Å². The van der Waals surface area contributed by atoms with Gasteiger partial charge < -0.3 is 0 Å². The van der Waals surface area contributed by atoms with Crippen LogP contribution < -0.4 is 0 Å². The average molecular weight is 259 g/mol. The molecule has 1 atom stereocenters. The molecule has 0 saturated carbocycles. The van der Waals surface area contributed by atoms with E-state index in [1.54, 1.807) is 6.08 Å². The molecular weight excluding hydrogens is 232 g/mol. The highest BCUT2D eigenvalue weighted by atomic mass is 16.2. The van der Waals surface area contributed by atoms with Gasteiger partial charge in [0, 0.05) is 5.92 Å². The van der Waals surface area contributed by atoms with Gasteiger partial charge in [0.25, 0.3) is 0 Å². The second-order valence-electron chi connectivity index (χ2n) is 5.17. The van der Waals surface area contributed by atoms with Crippen LogP contribution in [-0.4, -0.2) is 6.61 Å². The second-order valence-corrected chi connectivity index (χ2v) is 5.17. The zero-order valence-corrected chi connectivity index (χ0v) is 12.2. The summed E-state index contributed by atoms with van der Waals surface area (Å²) in [6.07, 6.45) is 13.0. The second kappa shape index (κ2) is 10.8. The SMILES string of the molecule is CCCCCCCCC(/C=C/C[O])c1ccccc1. The molecule has 1 rings (SSSR count). The highest BCUT2D eigenvalue weighted by molar-refractivity contribution is 5.23. The predicted molar refractivity (Wildman–Crippen MR) is 81.9 cm³/mol. The molecular formula is C18H27O. The topological polar surface area (TPSA) is 19.9 Å². The Morgan fingerprint density at radius 2 is 1.68 bits per heavy atom. The van der Waals surface area contributed by atoms with E-state index in [0.717, 1.165) is 6.42 Å². The molecule has 1 aromatic carbocycles. The van der Waals surface area contributed by atoms with Crippen molar-refractivity contribution >= 4 is 0 Å². The summed E-state index contributed by atoms with van der Waals surface area (Å²) in [4.78, 5) is 0. The van der Waals surface area contributed by atoms with Crippen molar-refractivity contribution < 1.29 is 5.11 Å². The Balaban J connectivity index is 2.36. The minimum atomic E-state index is -0.111. The molecule has 0 aromatic heterocycles. The lowest BCUT2D eigenvalue weighted by Crippen LogP contribution is -1.96. The van der Waals surface area contributed by atoms with E-state index in [9.17, 15) is 5.11 Å². The van der Waals surface area contributed by atoms with Crippen LogP contribution in [0.5, 0.6) is 0 Å². The third kappa shape index (κ3) is 7.17. The third-order valence-corrected chi connectivity index (χ3v) is 3.56. The number of unbranched alkanes of at least 4 members (excludes halogenated alkanes) is 5. The van der Waals surface area contributed by atoms with E-state index in [0.29, 0.717) is 5.92 Å². The van der Waals surface area contributed by atoms with Gasteiger partial charge in [-0.2, -0.15) is 0 Å². The minimum Gasteiger partial charge on any atom is -0.232 e. The van der Waals surface area contributed by atoms with Gasteiger partial charge in [-0.1, -0.05) is 87.9 Å². The molecule has 0 bridgehead atoms. The Bertz CT molecular complexity index is 329. The number of benzene rings is 1. The van der Waals surface area contributed by atoms with Gasteiger partial charge in [-0.05, 0) is 12.0 Å². The molecule has 0 heterocycles. The van der Waals surface area contributed by atoms with Crippen LogP contribution in [0.3, 0.4) is 0 Å². The molecule has 105 valence electrons. The van der Waals surface area contributed by atoms with Crippen LogP contribution in [0.15, 0.2) is 42.5 Å². The van der Waals surface area contributed by atoms with Gasteiger partial charge in [-0.15, -0.1) is 0 Å². The van der Waals surface area contributed by atoms with Crippen molar-refractivity contribution in [2.75, 3.05) is 6.61 Å². The van der Waals surface area contributed by atoms with Crippen molar-refractivity contribution in [3.05, 3.63) is 48.0 Å². The lowest BCUT2D eigenvalue weighted by molar-refractivity contribution is 0.232. The fourth-order valence-electron chi connectivity index (χ4n) is 2.44. The predicted octanol–water partition coefficient (Wildman–Crippen LogP) is 5.51. The molecule has 0 fully saturated rings. The molecule has 0 aliphatic heterocycles. The molecule has 0 aliphatic carbocycles. The smallest absolute Gasteiger partial charge is 0.100 e. The van der Waals surface area contributed by atoms with Crippen molar-refractivity contribution in [1.29, 1.82) is 0 Å². The Morgan fingerprint density at radius 3 is 2.37 bits per heavy atom. The Morgan fingerprint density at radius 1 is 1.00 bits per heavy atom. The first kappa shape index (κ1) is 16.0. The van der Waals surface area contributed by atoms with Crippen molar-refractivity contribution in [3.63, 3.8) is 0 Å². The fraction of sp³-hybridized carbons (Fsp3) is 0.556. The van der Waals surface area contributed by atoms with Crippen LogP contribution in [0, 0.1) is 0 Å². The first-order valence-corrected chi connectivity index (χ1v) is 7.68. The maximum absolute atomic E-state index is 10.6. The van der Waals surface area contributed by atoms with E-state index < -0.39 is 0 Å². The monoisotopic (exact) mass is 259 g/mol. The van der Waals surface area contributed by atoms with Gasteiger partial charge in [0.1, 0.15) is 6.61 Å². The minimum absolute atomic E-state index is 0.111. The molecule has 1 aromatic rings. The summed E-state index contributed by atoms with van der Waals surface area (Å²) in [6, 6.07) is 10.5. The van der Waals surface area contributed by atoms with Gasteiger partial charge in [-0.3, -0.25) is 0 Å². The number of hydrogen-bond acceptors (Lipinski definition) is 0. The zero-order valence-electron chi connectivity index (χ0n) is 12.2. The summed E-state index contributed by atoms with van der Waals surface area (Å²) in [6.45, 7) is 2.14. The molecule has 19 heavy (non-hydrogen) atoms. The summed E-state index contributed by atoms with van der Waals surface area (Å²) in [5.41, 5.74) is 1.33. The summed E-state index contributed by atoms with van der Waals surface area (Å²) in [5, 5.41) is 10.6. The van der Waals surface area contributed by atoms with Crippen LogP contribution >= 0.6 is 0 Å². The van der Waals surface area contributed by atoms with Crippen LogP contribution in [0.2, 0.25) is 0 Å². The van der Waals surface area contributed by atoms with Gasteiger partial charge in [0.05, 0.1) is 0 Å². The molecule has 1 radical (unpaired) electrons. The van der Waals surface area contributed by atoms with Gasteiger partial charge >= 0.3 is 0 Å². The summed E-state index contributed by atoms with van der Waals surface area (Å²) >= 11 is 0. The molecule has 0 spiro atoms. The van der Waals surface area contributed by atoms with Gasteiger partial charge in [0.15, 0.2) is 0 Å².